The first kappa shape index (κ1) is 17.1. The summed E-state index contributed by atoms with van der Waals surface area (Å²) in [6, 6.07) is 8.77. The Kier molecular flexibility index (Phi) is 5.46. The van der Waals surface area contributed by atoms with E-state index in [-0.39, 0.29) is 32.1 Å². The second-order valence-corrected chi connectivity index (χ2v) is 5.13. The monoisotopic (exact) mass is 330 g/mol. The molecule has 23 heavy (non-hydrogen) atoms. The van der Waals surface area contributed by atoms with Crippen LogP contribution < -0.4 is 4.74 Å². The molecule has 0 N–H and O–H groups in total. The highest BCUT2D eigenvalue weighted by molar-refractivity contribution is 5.82. The van der Waals surface area contributed by atoms with Gasteiger partial charge in [-0.3, -0.25) is 9.59 Å². The minimum absolute atomic E-state index is 0.0122. The first-order valence-corrected chi connectivity index (χ1v) is 7.19. The van der Waals surface area contributed by atoms with E-state index >= 15 is 0 Å². The SMILES string of the molecule is O=C(COc1ccccc1)N1CCCN(C(=O)C(F)(F)F)CC1. The van der Waals surface area contributed by atoms with Gasteiger partial charge in [0.05, 0.1) is 0 Å². The minimum Gasteiger partial charge on any atom is -0.484 e. The number of rotatable bonds is 3. The van der Waals surface area contributed by atoms with Crippen molar-refractivity contribution in [2.45, 2.75) is 12.6 Å². The lowest BCUT2D eigenvalue weighted by atomic mass is 10.3. The maximum Gasteiger partial charge on any atom is 0.471 e. The van der Waals surface area contributed by atoms with Crippen molar-refractivity contribution in [2.24, 2.45) is 0 Å². The van der Waals surface area contributed by atoms with E-state index in [9.17, 15) is 22.8 Å². The van der Waals surface area contributed by atoms with Crippen molar-refractivity contribution in [3.63, 3.8) is 0 Å². The predicted molar refractivity (Wildman–Crippen MR) is 75.8 cm³/mol. The van der Waals surface area contributed by atoms with Gasteiger partial charge in [0.25, 0.3) is 5.91 Å². The number of halogens is 3. The smallest absolute Gasteiger partial charge is 0.471 e. The van der Waals surface area contributed by atoms with Gasteiger partial charge in [0.1, 0.15) is 5.75 Å². The zero-order valence-electron chi connectivity index (χ0n) is 12.4. The number of carbonyl (C=O) groups excluding carboxylic acids is 2. The van der Waals surface area contributed by atoms with Crippen molar-refractivity contribution in [1.82, 2.24) is 9.80 Å². The van der Waals surface area contributed by atoms with Crippen LogP contribution in [0.5, 0.6) is 5.75 Å². The quantitative estimate of drug-likeness (QED) is 0.847. The van der Waals surface area contributed by atoms with Crippen molar-refractivity contribution < 1.29 is 27.5 Å². The highest BCUT2D eigenvalue weighted by Gasteiger charge is 2.42. The Labute approximate surface area is 131 Å². The van der Waals surface area contributed by atoms with Crippen LogP contribution in [0.3, 0.4) is 0 Å². The summed E-state index contributed by atoms with van der Waals surface area (Å²) in [7, 11) is 0. The molecule has 0 saturated carbocycles. The molecular weight excluding hydrogens is 313 g/mol. The molecule has 1 aliphatic heterocycles. The first-order valence-electron chi connectivity index (χ1n) is 7.19. The maximum absolute atomic E-state index is 12.4. The number of hydrogen-bond acceptors (Lipinski definition) is 3. The third kappa shape index (κ3) is 4.87. The molecule has 1 aliphatic rings. The van der Waals surface area contributed by atoms with E-state index in [1.165, 1.54) is 4.90 Å². The minimum atomic E-state index is -4.88. The topological polar surface area (TPSA) is 49.9 Å². The van der Waals surface area contributed by atoms with Crippen LogP contribution in [0, 0.1) is 0 Å². The molecule has 1 heterocycles. The van der Waals surface area contributed by atoms with Gasteiger partial charge in [-0.2, -0.15) is 13.2 Å². The molecule has 8 heteroatoms. The van der Waals surface area contributed by atoms with E-state index in [2.05, 4.69) is 0 Å². The molecule has 2 rings (SSSR count). The molecule has 0 bridgehead atoms. The fourth-order valence-electron chi connectivity index (χ4n) is 2.30. The van der Waals surface area contributed by atoms with Crippen LogP contribution in [-0.4, -0.2) is 60.6 Å². The molecule has 5 nitrogen and oxygen atoms in total. The van der Waals surface area contributed by atoms with Crippen molar-refractivity contribution >= 4 is 11.8 Å². The molecule has 126 valence electrons. The van der Waals surface area contributed by atoms with Gasteiger partial charge < -0.3 is 14.5 Å². The van der Waals surface area contributed by atoms with Crippen LogP contribution in [-0.2, 0) is 9.59 Å². The fraction of sp³-hybridized carbons (Fsp3) is 0.467. The van der Waals surface area contributed by atoms with Crippen LogP contribution in [0.25, 0.3) is 0 Å². The standard InChI is InChI=1S/C15H17F3N2O3/c16-15(17,18)14(22)20-8-4-7-19(9-10-20)13(21)11-23-12-5-2-1-3-6-12/h1-3,5-6H,4,7-11H2. The van der Waals surface area contributed by atoms with E-state index in [0.29, 0.717) is 18.7 Å². The van der Waals surface area contributed by atoms with Gasteiger partial charge in [0.15, 0.2) is 6.61 Å². The Morgan fingerprint density at radius 1 is 1.00 bits per heavy atom. The van der Waals surface area contributed by atoms with Gasteiger partial charge in [-0.05, 0) is 18.6 Å². The van der Waals surface area contributed by atoms with Gasteiger partial charge in [-0.25, -0.2) is 0 Å². The molecule has 1 aromatic carbocycles. The van der Waals surface area contributed by atoms with E-state index in [1.54, 1.807) is 24.3 Å². The average molecular weight is 330 g/mol. The zero-order valence-corrected chi connectivity index (χ0v) is 12.4. The van der Waals surface area contributed by atoms with Crippen molar-refractivity contribution in [2.75, 3.05) is 32.8 Å². The summed E-state index contributed by atoms with van der Waals surface area (Å²) in [5.41, 5.74) is 0. The fourth-order valence-corrected chi connectivity index (χ4v) is 2.30. The molecule has 0 unspecified atom stereocenters. The Balaban J connectivity index is 1.85. The number of carbonyl (C=O) groups is 2. The van der Waals surface area contributed by atoms with Crippen LogP contribution in [0.1, 0.15) is 6.42 Å². The normalized spacial score (nSPS) is 16.0. The van der Waals surface area contributed by atoms with Crippen LogP contribution in [0.2, 0.25) is 0 Å². The number of alkyl halides is 3. The second-order valence-electron chi connectivity index (χ2n) is 5.13. The van der Waals surface area contributed by atoms with E-state index in [0.717, 1.165) is 4.90 Å². The van der Waals surface area contributed by atoms with Gasteiger partial charge in [0, 0.05) is 26.2 Å². The third-order valence-corrected chi connectivity index (χ3v) is 3.48. The molecular formula is C15H17F3N2O3. The first-order chi connectivity index (χ1) is 10.9. The van der Waals surface area contributed by atoms with Crippen LogP contribution in [0.4, 0.5) is 13.2 Å². The van der Waals surface area contributed by atoms with Crippen molar-refractivity contribution in [3.05, 3.63) is 30.3 Å². The van der Waals surface area contributed by atoms with Gasteiger partial charge >= 0.3 is 12.1 Å². The summed E-state index contributed by atoms with van der Waals surface area (Å²) in [4.78, 5) is 25.5. The highest BCUT2D eigenvalue weighted by Crippen LogP contribution is 2.19. The molecule has 1 aromatic rings. The zero-order chi connectivity index (χ0) is 16.9. The summed E-state index contributed by atoms with van der Waals surface area (Å²) in [5, 5.41) is 0. The van der Waals surface area contributed by atoms with Crippen LogP contribution in [0.15, 0.2) is 30.3 Å². The lowest BCUT2D eigenvalue weighted by molar-refractivity contribution is -0.185. The lowest BCUT2D eigenvalue weighted by Gasteiger charge is -2.22. The molecule has 0 aromatic heterocycles. The number of amides is 2. The molecule has 1 fully saturated rings. The summed E-state index contributed by atoms with van der Waals surface area (Å²) in [6.07, 6.45) is -4.57. The average Bonchev–Trinajstić information content (AvgIpc) is 2.78. The number of nitrogens with zero attached hydrogens (tertiary/aromatic N) is 2. The van der Waals surface area contributed by atoms with Gasteiger partial charge in [0.2, 0.25) is 0 Å². The van der Waals surface area contributed by atoms with Crippen molar-refractivity contribution in [1.29, 1.82) is 0 Å². The highest BCUT2D eigenvalue weighted by atomic mass is 19.4. The number of benzene rings is 1. The van der Waals surface area contributed by atoms with Crippen molar-refractivity contribution in [3.8, 4) is 5.75 Å². The Morgan fingerprint density at radius 3 is 2.26 bits per heavy atom. The number of para-hydroxylation sites is 1. The Morgan fingerprint density at radius 2 is 1.61 bits per heavy atom. The largest absolute Gasteiger partial charge is 0.484 e. The lowest BCUT2D eigenvalue weighted by Crippen LogP contribution is -2.44. The second kappa shape index (κ2) is 7.34. The molecule has 0 spiro atoms. The van der Waals surface area contributed by atoms with Gasteiger partial charge in [-0.1, -0.05) is 18.2 Å². The van der Waals surface area contributed by atoms with E-state index < -0.39 is 12.1 Å². The molecule has 2 amide bonds. The van der Waals surface area contributed by atoms with Gasteiger partial charge in [-0.15, -0.1) is 0 Å². The van der Waals surface area contributed by atoms with E-state index in [1.807, 2.05) is 6.07 Å². The molecule has 0 aliphatic carbocycles. The summed E-state index contributed by atoms with van der Waals surface area (Å²) >= 11 is 0. The predicted octanol–water partition coefficient (Wildman–Crippen LogP) is 1.69. The summed E-state index contributed by atoms with van der Waals surface area (Å²) < 4.78 is 42.7. The number of hydrogen-bond donors (Lipinski definition) is 0. The summed E-state index contributed by atoms with van der Waals surface area (Å²) in [6.45, 7) is 0.0474. The molecule has 0 atom stereocenters. The Bertz CT molecular complexity index is 549. The van der Waals surface area contributed by atoms with Crippen LogP contribution >= 0.6 is 0 Å². The van der Waals surface area contributed by atoms with E-state index in [4.69, 9.17) is 4.74 Å². The Hall–Kier alpha value is -2.25. The maximum atomic E-state index is 12.4. The molecule has 1 saturated heterocycles. The molecule has 0 radical (unpaired) electrons. The number of ether oxygens (including phenoxy) is 1. The summed E-state index contributed by atoms with van der Waals surface area (Å²) in [5.74, 6) is -1.62. The third-order valence-electron chi connectivity index (χ3n) is 3.48.